The number of hydrogen-bond acceptors (Lipinski definition) is 7. The van der Waals surface area contributed by atoms with Gasteiger partial charge in [0.15, 0.2) is 5.79 Å². The van der Waals surface area contributed by atoms with Gasteiger partial charge < -0.3 is 20.1 Å². The van der Waals surface area contributed by atoms with E-state index >= 15 is 0 Å². The summed E-state index contributed by atoms with van der Waals surface area (Å²) in [4.78, 5) is 7.66. The second kappa shape index (κ2) is 6.97. The van der Waals surface area contributed by atoms with Gasteiger partial charge in [0.2, 0.25) is 5.95 Å². The van der Waals surface area contributed by atoms with Crippen LogP contribution in [-0.2, 0) is 15.7 Å². The zero-order chi connectivity index (χ0) is 19.8. The molecule has 0 spiro atoms. The molecule has 148 valence electrons. The summed E-state index contributed by atoms with van der Waals surface area (Å²) < 4.78 is 51.8. The van der Waals surface area contributed by atoms with Crippen LogP contribution in [-0.4, -0.2) is 45.8 Å². The van der Waals surface area contributed by atoms with Crippen molar-refractivity contribution in [2.24, 2.45) is 0 Å². The monoisotopic (exact) mass is 386 g/mol. The zero-order valence-corrected chi connectivity index (χ0v) is 15.4. The molecule has 1 fully saturated rings. The summed E-state index contributed by atoms with van der Waals surface area (Å²) in [7, 11) is 1.37. The summed E-state index contributed by atoms with van der Waals surface area (Å²) >= 11 is 0. The standard InChI is InChI=1S/C16H21F3N6O2/c1-9-12(6-25(24-9)10-7-26-15(2,3)27-8-10)22-14-21-5-11(16(17,18)19)13(20-4)23-14/h5-6,10H,7-8H2,1-4H3,(H2,20,21,22,23). The van der Waals surface area contributed by atoms with E-state index in [1.54, 1.807) is 17.8 Å². The molecule has 0 bridgehead atoms. The molecular formula is C16H21F3N6O2. The van der Waals surface area contributed by atoms with Gasteiger partial charge in [-0.3, -0.25) is 4.68 Å². The first-order chi connectivity index (χ1) is 12.6. The van der Waals surface area contributed by atoms with E-state index < -0.39 is 17.5 Å². The molecule has 8 nitrogen and oxygen atoms in total. The van der Waals surface area contributed by atoms with Crippen LogP contribution in [0.5, 0.6) is 0 Å². The van der Waals surface area contributed by atoms with Gasteiger partial charge in [0, 0.05) is 19.4 Å². The maximum absolute atomic E-state index is 12.9. The fourth-order valence-corrected chi connectivity index (χ4v) is 2.59. The van der Waals surface area contributed by atoms with Crippen LogP contribution in [0.2, 0.25) is 0 Å². The van der Waals surface area contributed by atoms with Gasteiger partial charge >= 0.3 is 6.18 Å². The van der Waals surface area contributed by atoms with Gasteiger partial charge in [-0.1, -0.05) is 0 Å². The van der Waals surface area contributed by atoms with Crippen LogP contribution in [0.4, 0.5) is 30.6 Å². The zero-order valence-electron chi connectivity index (χ0n) is 15.4. The summed E-state index contributed by atoms with van der Waals surface area (Å²) in [5.41, 5.74) is 0.304. The molecule has 3 rings (SSSR count). The van der Waals surface area contributed by atoms with Crippen LogP contribution in [0.25, 0.3) is 0 Å². The normalized spacial score (nSPS) is 17.7. The first-order valence-corrected chi connectivity index (χ1v) is 8.32. The first-order valence-electron chi connectivity index (χ1n) is 8.32. The van der Waals surface area contributed by atoms with Gasteiger partial charge in [0.05, 0.1) is 30.6 Å². The molecule has 3 heterocycles. The summed E-state index contributed by atoms with van der Waals surface area (Å²) in [6, 6.07) is -0.103. The SMILES string of the molecule is CNc1nc(Nc2cn(C3COC(C)(C)OC3)nc2C)ncc1C(F)(F)F. The number of aryl methyl sites for hydroxylation is 1. The van der Waals surface area contributed by atoms with Gasteiger partial charge in [0.25, 0.3) is 0 Å². The van der Waals surface area contributed by atoms with Gasteiger partial charge in [-0.2, -0.15) is 23.3 Å². The molecule has 0 saturated carbocycles. The van der Waals surface area contributed by atoms with E-state index in [1.165, 1.54) is 7.05 Å². The number of halogens is 3. The first kappa shape index (κ1) is 19.4. The van der Waals surface area contributed by atoms with E-state index in [0.717, 1.165) is 6.20 Å². The number of anilines is 3. The molecule has 2 aromatic heterocycles. The van der Waals surface area contributed by atoms with Gasteiger partial charge in [0.1, 0.15) is 11.4 Å². The Hall–Kier alpha value is -2.40. The van der Waals surface area contributed by atoms with Crippen LogP contribution in [0.3, 0.4) is 0 Å². The fourth-order valence-electron chi connectivity index (χ4n) is 2.59. The number of nitrogens with zero attached hydrogens (tertiary/aromatic N) is 4. The van der Waals surface area contributed by atoms with E-state index in [4.69, 9.17) is 9.47 Å². The number of nitrogens with one attached hydrogen (secondary N) is 2. The van der Waals surface area contributed by atoms with Crippen LogP contribution in [0, 0.1) is 6.92 Å². The van der Waals surface area contributed by atoms with Gasteiger partial charge in [-0.05, 0) is 20.8 Å². The summed E-state index contributed by atoms with van der Waals surface area (Å²) in [5, 5.41) is 9.77. The fraction of sp³-hybridized carbons (Fsp3) is 0.562. The molecule has 0 aliphatic carbocycles. The molecule has 0 radical (unpaired) electrons. The lowest BCUT2D eigenvalue weighted by atomic mass is 10.2. The third-order valence-electron chi connectivity index (χ3n) is 4.11. The molecule has 1 aliphatic rings. The number of rotatable bonds is 4. The largest absolute Gasteiger partial charge is 0.421 e. The summed E-state index contributed by atoms with van der Waals surface area (Å²) in [6.45, 7) is 6.33. The predicted molar refractivity (Wildman–Crippen MR) is 91.8 cm³/mol. The smallest absolute Gasteiger partial charge is 0.372 e. The molecule has 0 atom stereocenters. The molecule has 27 heavy (non-hydrogen) atoms. The molecule has 11 heteroatoms. The second-order valence-electron chi connectivity index (χ2n) is 6.61. The maximum Gasteiger partial charge on any atom is 0.421 e. The number of hydrogen-bond donors (Lipinski definition) is 2. The molecule has 0 amide bonds. The minimum atomic E-state index is -4.54. The Kier molecular flexibility index (Phi) is 5.00. The lowest BCUT2D eigenvalue weighted by Crippen LogP contribution is -2.40. The lowest BCUT2D eigenvalue weighted by molar-refractivity contribution is -0.259. The van der Waals surface area contributed by atoms with E-state index in [0.29, 0.717) is 24.6 Å². The molecule has 2 aromatic rings. The quantitative estimate of drug-likeness (QED) is 0.835. The highest BCUT2D eigenvalue weighted by molar-refractivity contribution is 5.57. The third-order valence-corrected chi connectivity index (χ3v) is 4.11. The van der Waals surface area contributed by atoms with Gasteiger partial charge in [-0.25, -0.2) is 4.98 Å². The topological polar surface area (TPSA) is 86.1 Å². The van der Waals surface area contributed by atoms with Crippen LogP contribution >= 0.6 is 0 Å². The Morgan fingerprint density at radius 3 is 2.52 bits per heavy atom. The Labute approximate surface area is 154 Å². The summed E-state index contributed by atoms with van der Waals surface area (Å²) in [6.07, 6.45) is -2.07. The molecule has 1 aliphatic heterocycles. The second-order valence-corrected chi connectivity index (χ2v) is 6.61. The Morgan fingerprint density at radius 1 is 1.26 bits per heavy atom. The number of ether oxygens (including phenoxy) is 2. The van der Waals surface area contributed by atoms with E-state index in [2.05, 4.69) is 25.7 Å². The van der Waals surface area contributed by atoms with Gasteiger partial charge in [-0.15, -0.1) is 0 Å². The van der Waals surface area contributed by atoms with Crippen molar-refractivity contribution in [3.8, 4) is 0 Å². The Balaban J connectivity index is 1.78. The third kappa shape index (κ3) is 4.30. The van der Waals surface area contributed by atoms with Crippen molar-refractivity contribution in [1.29, 1.82) is 0 Å². The number of aromatic nitrogens is 4. The highest BCUT2D eigenvalue weighted by atomic mass is 19.4. The van der Waals surface area contributed by atoms with Crippen molar-refractivity contribution in [3.63, 3.8) is 0 Å². The van der Waals surface area contributed by atoms with E-state index in [1.807, 2.05) is 13.8 Å². The predicted octanol–water partition coefficient (Wildman–Crippen LogP) is 3.11. The highest BCUT2D eigenvalue weighted by Gasteiger charge is 2.35. The average Bonchev–Trinajstić information content (AvgIpc) is 2.94. The van der Waals surface area contributed by atoms with Crippen molar-refractivity contribution in [1.82, 2.24) is 19.7 Å². The average molecular weight is 386 g/mol. The van der Waals surface area contributed by atoms with Crippen molar-refractivity contribution in [2.45, 2.75) is 38.8 Å². The van der Waals surface area contributed by atoms with Crippen molar-refractivity contribution in [2.75, 3.05) is 30.9 Å². The van der Waals surface area contributed by atoms with E-state index in [-0.39, 0.29) is 17.8 Å². The Morgan fingerprint density at radius 2 is 1.93 bits per heavy atom. The van der Waals surface area contributed by atoms with Crippen molar-refractivity contribution >= 4 is 17.5 Å². The minimum Gasteiger partial charge on any atom is -0.372 e. The van der Waals surface area contributed by atoms with Crippen LogP contribution in [0.1, 0.15) is 31.1 Å². The van der Waals surface area contributed by atoms with Crippen LogP contribution in [0.15, 0.2) is 12.4 Å². The lowest BCUT2D eigenvalue weighted by Gasteiger charge is -2.34. The highest BCUT2D eigenvalue weighted by Crippen LogP contribution is 2.34. The number of alkyl halides is 3. The Bertz CT molecular complexity index is 811. The minimum absolute atomic E-state index is 0.0345. The molecule has 0 unspecified atom stereocenters. The van der Waals surface area contributed by atoms with E-state index in [9.17, 15) is 13.2 Å². The maximum atomic E-state index is 12.9. The summed E-state index contributed by atoms with van der Waals surface area (Å²) in [5.74, 6) is -0.897. The van der Waals surface area contributed by atoms with Crippen molar-refractivity contribution in [3.05, 3.63) is 23.7 Å². The molecule has 0 aromatic carbocycles. The van der Waals surface area contributed by atoms with Crippen LogP contribution < -0.4 is 10.6 Å². The molecule has 2 N–H and O–H groups in total. The van der Waals surface area contributed by atoms with Crippen molar-refractivity contribution < 1.29 is 22.6 Å². The molecule has 1 saturated heterocycles. The molecular weight excluding hydrogens is 365 g/mol.